The van der Waals surface area contributed by atoms with Crippen LogP contribution in [0.15, 0.2) is 18.2 Å². The lowest BCUT2D eigenvalue weighted by Gasteiger charge is -2.23. The van der Waals surface area contributed by atoms with Crippen LogP contribution in [0.1, 0.15) is 42.5 Å². The number of hydrogen-bond acceptors (Lipinski definition) is 6. The largest absolute Gasteiger partial charge is 0.493 e. The minimum atomic E-state index is -0.490. The van der Waals surface area contributed by atoms with Crippen LogP contribution in [0.5, 0.6) is 11.5 Å². The molecule has 27 heavy (non-hydrogen) atoms. The highest BCUT2D eigenvalue weighted by Gasteiger charge is 2.39. The average Bonchev–Trinajstić information content (AvgIpc) is 3.34. The van der Waals surface area contributed by atoms with Gasteiger partial charge >= 0.3 is 5.97 Å². The SMILES string of the molecule is COc1ccc(C(=O)COC(=O)[C@H]2CC(=O)N(C3CCCC3)C2)cc1OC. The van der Waals surface area contributed by atoms with E-state index in [1.54, 1.807) is 18.2 Å². The Balaban J connectivity index is 1.54. The molecule has 1 atom stereocenters. The van der Waals surface area contributed by atoms with Gasteiger partial charge in [-0.15, -0.1) is 0 Å². The summed E-state index contributed by atoms with van der Waals surface area (Å²) >= 11 is 0. The third kappa shape index (κ3) is 4.23. The Bertz CT molecular complexity index is 725. The van der Waals surface area contributed by atoms with Gasteiger partial charge in [0.05, 0.1) is 20.1 Å². The zero-order valence-corrected chi connectivity index (χ0v) is 15.7. The van der Waals surface area contributed by atoms with Gasteiger partial charge in [-0.1, -0.05) is 12.8 Å². The number of hydrogen-bond donors (Lipinski definition) is 0. The number of ether oxygens (including phenoxy) is 3. The molecule has 2 fully saturated rings. The molecular formula is C20H25NO6. The van der Waals surface area contributed by atoms with Crippen LogP contribution >= 0.6 is 0 Å². The molecular weight excluding hydrogens is 350 g/mol. The second kappa shape index (κ2) is 8.41. The lowest BCUT2D eigenvalue weighted by atomic mass is 10.1. The van der Waals surface area contributed by atoms with Crippen molar-refractivity contribution in [3.05, 3.63) is 23.8 Å². The number of benzene rings is 1. The van der Waals surface area contributed by atoms with E-state index in [4.69, 9.17) is 14.2 Å². The Hall–Kier alpha value is -2.57. The summed E-state index contributed by atoms with van der Waals surface area (Å²) in [4.78, 5) is 38.6. The standard InChI is InChI=1S/C20H25NO6/c1-25-17-8-7-13(9-18(17)26-2)16(22)12-27-20(24)14-10-19(23)21(11-14)15-5-3-4-6-15/h7-9,14-15H,3-6,10-12H2,1-2H3/t14-/m0/s1. The van der Waals surface area contributed by atoms with Gasteiger partial charge in [0.25, 0.3) is 0 Å². The highest BCUT2D eigenvalue weighted by molar-refractivity contribution is 5.99. The molecule has 1 saturated carbocycles. The average molecular weight is 375 g/mol. The fourth-order valence-electron chi connectivity index (χ4n) is 3.81. The number of nitrogens with zero attached hydrogens (tertiary/aromatic N) is 1. The van der Waals surface area contributed by atoms with Gasteiger partial charge in [0.15, 0.2) is 23.9 Å². The Kier molecular flexibility index (Phi) is 5.98. The molecule has 1 saturated heterocycles. The van der Waals surface area contributed by atoms with E-state index in [0.29, 0.717) is 23.6 Å². The maximum Gasteiger partial charge on any atom is 0.311 e. The van der Waals surface area contributed by atoms with Crippen molar-refractivity contribution in [3.63, 3.8) is 0 Å². The van der Waals surface area contributed by atoms with Gasteiger partial charge in [-0.05, 0) is 31.0 Å². The number of carbonyl (C=O) groups is 3. The zero-order chi connectivity index (χ0) is 19.4. The quantitative estimate of drug-likeness (QED) is 0.537. The second-order valence-corrected chi connectivity index (χ2v) is 6.99. The summed E-state index contributed by atoms with van der Waals surface area (Å²) in [6.45, 7) is 0.0370. The topological polar surface area (TPSA) is 82.1 Å². The van der Waals surface area contributed by atoms with E-state index in [1.165, 1.54) is 14.2 Å². The van der Waals surface area contributed by atoms with E-state index in [9.17, 15) is 14.4 Å². The number of likely N-dealkylation sites (tertiary alicyclic amines) is 1. The highest BCUT2D eigenvalue weighted by atomic mass is 16.5. The molecule has 0 bridgehead atoms. The smallest absolute Gasteiger partial charge is 0.311 e. The van der Waals surface area contributed by atoms with Crippen LogP contribution in [-0.4, -0.2) is 56.0 Å². The molecule has 1 amide bonds. The molecule has 1 heterocycles. The predicted octanol–water partition coefficient (Wildman–Crippen LogP) is 2.22. The van der Waals surface area contributed by atoms with Gasteiger partial charge in [-0.3, -0.25) is 14.4 Å². The summed E-state index contributed by atoms with van der Waals surface area (Å²) in [7, 11) is 3.00. The van der Waals surface area contributed by atoms with Crippen LogP contribution < -0.4 is 9.47 Å². The molecule has 0 unspecified atom stereocenters. The summed E-state index contributed by atoms with van der Waals surface area (Å²) < 4.78 is 15.5. The van der Waals surface area contributed by atoms with Crippen molar-refractivity contribution in [2.24, 2.45) is 5.92 Å². The Morgan fingerprint density at radius 2 is 1.81 bits per heavy atom. The third-order valence-corrected chi connectivity index (χ3v) is 5.31. The first kappa shape index (κ1) is 19.2. The fraction of sp³-hybridized carbons (Fsp3) is 0.550. The number of Topliss-reactive ketones (excluding diaryl/α,β-unsaturated/α-hetero) is 1. The van der Waals surface area contributed by atoms with Gasteiger partial charge in [-0.25, -0.2) is 0 Å². The lowest BCUT2D eigenvalue weighted by Crippen LogP contribution is -2.35. The van der Waals surface area contributed by atoms with Gasteiger partial charge < -0.3 is 19.1 Å². The minimum absolute atomic E-state index is 0.00932. The molecule has 2 aliphatic rings. The van der Waals surface area contributed by atoms with Crippen molar-refractivity contribution in [1.29, 1.82) is 0 Å². The summed E-state index contributed by atoms with van der Waals surface area (Å²) in [6, 6.07) is 5.03. The van der Waals surface area contributed by atoms with Crippen LogP contribution in [0.2, 0.25) is 0 Å². The van der Waals surface area contributed by atoms with Crippen LogP contribution in [0.3, 0.4) is 0 Å². The summed E-state index contributed by atoms with van der Waals surface area (Å²) in [5.41, 5.74) is 0.371. The molecule has 7 nitrogen and oxygen atoms in total. The van der Waals surface area contributed by atoms with Crippen molar-refractivity contribution in [3.8, 4) is 11.5 Å². The number of rotatable bonds is 7. The van der Waals surface area contributed by atoms with Crippen molar-refractivity contribution in [1.82, 2.24) is 4.90 Å². The van der Waals surface area contributed by atoms with Gasteiger partial charge in [0.2, 0.25) is 5.91 Å². The second-order valence-electron chi connectivity index (χ2n) is 6.99. The van der Waals surface area contributed by atoms with Gasteiger partial charge in [0.1, 0.15) is 0 Å². The fourth-order valence-corrected chi connectivity index (χ4v) is 3.81. The molecule has 146 valence electrons. The van der Waals surface area contributed by atoms with E-state index in [1.807, 2.05) is 4.90 Å². The molecule has 1 aliphatic carbocycles. The molecule has 1 aromatic carbocycles. The molecule has 0 N–H and O–H groups in total. The van der Waals surface area contributed by atoms with E-state index < -0.39 is 11.9 Å². The first-order valence-corrected chi connectivity index (χ1v) is 9.24. The van der Waals surface area contributed by atoms with E-state index in [-0.39, 0.29) is 30.8 Å². The molecule has 0 aromatic heterocycles. The molecule has 0 radical (unpaired) electrons. The van der Waals surface area contributed by atoms with Crippen molar-refractivity contribution < 1.29 is 28.6 Å². The first-order valence-electron chi connectivity index (χ1n) is 9.24. The van der Waals surface area contributed by atoms with Crippen LogP contribution in [-0.2, 0) is 14.3 Å². The van der Waals surface area contributed by atoms with Crippen molar-refractivity contribution >= 4 is 17.7 Å². The molecule has 1 aromatic rings. The van der Waals surface area contributed by atoms with Crippen molar-refractivity contribution in [2.45, 2.75) is 38.1 Å². The highest BCUT2D eigenvalue weighted by Crippen LogP contribution is 2.30. The van der Waals surface area contributed by atoms with E-state index in [0.717, 1.165) is 25.7 Å². The van der Waals surface area contributed by atoms with Crippen LogP contribution in [0, 0.1) is 5.92 Å². The predicted molar refractivity (Wildman–Crippen MR) is 96.9 cm³/mol. The molecule has 0 spiro atoms. The number of amides is 1. The van der Waals surface area contributed by atoms with Gasteiger partial charge in [-0.2, -0.15) is 0 Å². The summed E-state index contributed by atoms with van der Waals surface area (Å²) in [5, 5.41) is 0. The minimum Gasteiger partial charge on any atom is -0.493 e. The normalized spacial score (nSPS) is 20.0. The van der Waals surface area contributed by atoms with Gasteiger partial charge in [0, 0.05) is 24.6 Å². The number of carbonyl (C=O) groups excluding carboxylic acids is 3. The Morgan fingerprint density at radius 3 is 2.48 bits per heavy atom. The zero-order valence-electron chi connectivity index (χ0n) is 15.7. The molecule has 7 heteroatoms. The molecule has 3 rings (SSSR count). The summed E-state index contributed by atoms with van der Waals surface area (Å²) in [6.07, 6.45) is 4.43. The Labute approximate surface area is 158 Å². The first-order chi connectivity index (χ1) is 13.0. The maximum absolute atomic E-state index is 12.3. The number of methoxy groups -OCH3 is 2. The monoisotopic (exact) mass is 375 g/mol. The summed E-state index contributed by atoms with van der Waals surface area (Å²) in [5.74, 6) is -0.351. The lowest BCUT2D eigenvalue weighted by molar-refractivity contribution is -0.147. The number of esters is 1. The van der Waals surface area contributed by atoms with E-state index in [2.05, 4.69) is 0 Å². The van der Waals surface area contributed by atoms with Crippen LogP contribution in [0.25, 0.3) is 0 Å². The maximum atomic E-state index is 12.3. The van der Waals surface area contributed by atoms with Crippen LogP contribution in [0.4, 0.5) is 0 Å². The third-order valence-electron chi connectivity index (χ3n) is 5.31. The van der Waals surface area contributed by atoms with Crippen molar-refractivity contribution in [2.75, 3.05) is 27.4 Å². The Morgan fingerprint density at radius 1 is 1.11 bits per heavy atom. The molecule has 1 aliphatic heterocycles. The van der Waals surface area contributed by atoms with E-state index >= 15 is 0 Å². The number of ketones is 1.